The summed E-state index contributed by atoms with van der Waals surface area (Å²) < 4.78 is 18.6. The van der Waals surface area contributed by atoms with Crippen LogP contribution in [-0.2, 0) is 14.7 Å². The molecule has 1 saturated heterocycles. The van der Waals surface area contributed by atoms with E-state index in [1.807, 2.05) is 24.3 Å². The molecular weight excluding hydrogens is 611 g/mol. The summed E-state index contributed by atoms with van der Waals surface area (Å²) in [4.78, 5) is 0. The van der Waals surface area contributed by atoms with Crippen LogP contribution in [-0.4, -0.2) is 44.1 Å². The fourth-order valence-corrected chi connectivity index (χ4v) is 7.29. The first-order valence-corrected chi connectivity index (χ1v) is 16.4. The van der Waals surface area contributed by atoms with Gasteiger partial charge < -0.3 is 34.8 Å². The van der Waals surface area contributed by atoms with Gasteiger partial charge in [-0.05, 0) is 108 Å². The van der Waals surface area contributed by atoms with Crippen LogP contribution in [0.15, 0.2) is 121 Å². The molecule has 0 aliphatic carbocycles. The summed E-state index contributed by atoms with van der Waals surface area (Å²) in [6, 6.07) is 33.1. The molecule has 1 unspecified atom stereocenters. The van der Waals surface area contributed by atoms with Crippen LogP contribution in [0.1, 0.15) is 25.0 Å². The van der Waals surface area contributed by atoms with Crippen LogP contribution in [0.2, 0.25) is 0 Å². The fraction of sp³-hybridized carbons (Fsp3) is 0.167. The highest BCUT2D eigenvalue weighted by atomic mass is 35.5. The van der Waals surface area contributed by atoms with Crippen LogP contribution in [0.4, 0.5) is 0 Å². The summed E-state index contributed by atoms with van der Waals surface area (Å²) in [7, 11) is -3.17. The van der Waals surface area contributed by atoms with Crippen LogP contribution >= 0.6 is 18.7 Å². The predicted octanol–water partition coefficient (Wildman–Crippen LogP) is 6.49. The van der Waals surface area contributed by atoms with Gasteiger partial charge in [-0.3, -0.25) is 0 Å². The predicted molar refractivity (Wildman–Crippen MR) is 180 cm³/mol. The minimum atomic E-state index is -3.17. The highest BCUT2D eigenvalue weighted by Gasteiger charge is 2.30. The van der Waals surface area contributed by atoms with Crippen LogP contribution in [0.3, 0.4) is 0 Å². The average Bonchev–Trinajstić information content (AvgIpc) is 3.88. The van der Waals surface area contributed by atoms with Gasteiger partial charge >= 0.3 is 0 Å². The number of phenols is 5. The molecular formula is C36H36ClO7P. The number of hydrogen-bond donors (Lipinski definition) is 5. The van der Waals surface area contributed by atoms with E-state index in [0.717, 1.165) is 17.7 Å². The fourth-order valence-electron chi connectivity index (χ4n) is 4.51. The molecule has 1 atom stereocenters. The monoisotopic (exact) mass is 646 g/mol. The topological polar surface area (TPSA) is 131 Å². The second-order valence-corrected chi connectivity index (χ2v) is 14.1. The average molecular weight is 647 g/mol. The number of epoxide rings is 1. The molecule has 0 aromatic heterocycles. The van der Waals surface area contributed by atoms with E-state index in [-0.39, 0.29) is 34.2 Å². The van der Waals surface area contributed by atoms with Gasteiger partial charge in [-0.15, -0.1) is 11.6 Å². The quantitative estimate of drug-likeness (QED) is 0.0810. The van der Waals surface area contributed by atoms with Gasteiger partial charge in [0.05, 0.1) is 18.6 Å². The molecule has 45 heavy (non-hydrogen) atoms. The van der Waals surface area contributed by atoms with Crippen molar-refractivity contribution in [1.29, 1.82) is 0 Å². The second-order valence-electron chi connectivity index (χ2n) is 11.0. The molecule has 0 radical (unpaired) electrons. The Morgan fingerprint density at radius 3 is 1.02 bits per heavy atom. The highest BCUT2D eigenvalue weighted by Crippen LogP contribution is 2.43. The summed E-state index contributed by atoms with van der Waals surface area (Å²) in [5.41, 5.74) is 2.10. The Morgan fingerprint density at radius 1 is 0.578 bits per heavy atom. The van der Waals surface area contributed by atoms with Crippen molar-refractivity contribution in [2.75, 3.05) is 12.5 Å². The molecule has 0 spiro atoms. The normalized spacial score (nSPS) is 13.9. The lowest BCUT2D eigenvalue weighted by molar-refractivity contribution is 0.425. The number of halogens is 1. The Morgan fingerprint density at radius 2 is 0.822 bits per heavy atom. The lowest BCUT2D eigenvalue weighted by Crippen LogP contribution is -2.24. The van der Waals surface area contributed by atoms with Crippen molar-refractivity contribution in [2.24, 2.45) is 0 Å². The van der Waals surface area contributed by atoms with Crippen molar-refractivity contribution in [2.45, 2.75) is 25.4 Å². The Kier molecular flexibility index (Phi) is 10.8. The number of phenolic OH excluding ortho intramolecular Hbond substituents is 5. The number of rotatable bonds is 6. The van der Waals surface area contributed by atoms with E-state index in [0.29, 0.717) is 27.9 Å². The zero-order valence-electron chi connectivity index (χ0n) is 24.9. The van der Waals surface area contributed by atoms with E-state index in [2.05, 4.69) is 13.8 Å². The van der Waals surface area contributed by atoms with E-state index in [1.54, 1.807) is 60.7 Å². The number of ether oxygens (including phenoxy) is 1. The van der Waals surface area contributed by atoms with Crippen molar-refractivity contribution in [3.8, 4) is 28.7 Å². The molecule has 1 heterocycles. The molecule has 1 fully saturated rings. The molecule has 0 bridgehead atoms. The van der Waals surface area contributed by atoms with Crippen LogP contribution in [0.5, 0.6) is 28.7 Å². The van der Waals surface area contributed by atoms with Gasteiger partial charge in [0, 0.05) is 21.3 Å². The second kappa shape index (κ2) is 14.6. The molecule has 5 aromatic rings. The van der Waals surface area contributed by atoms with E-state index < -0.39 is 7.14 Å². The molecule has 0 amide bonds. The number of benzene rings is 5. The van der Waals surface area contributed by atoms with Crippen LogP contribution in [0.25, 0.3) is 0 Å². The van der Waals surface area contributed by atoms with Gasteiger partial charge in [0.15, 0.2) is 7.14 Å². The maximum absolute atomic E-state index is 13.9. The largest absolute Gasteiger partial charge is 0.508 e. The summed E-state index contributed by atoms with van der Waals surface area (Å²) in [5, 5.41) is 48.7. The molecule has 5 N–H and O–H groups in total. The zero-order valence-corrected chi connectivity index (χ0v) is 26.6. The summed E-state index contributed by atoms with van der Waals surface area (Å²) in [6.07, 6.45) is 0.400. The Hall–Kier alpha value is -4.42. The minimum Gasteiger partial charge on any atom is -0.508 e. The Labute approximate surface area is 268 Å². The third-order valence-electron chi connectivity index (χ3n) is 7.39. The third kappa shape index (κ3) is 8.61. The van der Waals surface area contributed by atoms with Crippen molar-refractivity contribution in [3.63, 3.8) is 0 Å². The van der Waals surface area contributed by atoms with Gasteiger partial charge in [0.25, 0.3) is 0 Å². The number of aromatic hydroxyl groups is 5. The number of alkyl halides is 1. The lowest BCUT2D eigenvalue weighted by atomic mass is 9.78. The van der Waals surface area contributed by atoms with E-state index in [9.17, 15) is 30.1 Å². The van der Waals surface area contributed by atoms with Gasteiger partial charge in [-0.25, -0.2) is 0 Å². The van der Waals surface area contributed by atoms with Crippen LogP contribution < -0.4 is 15.9 Å². The molecule has 1 aliphatic heterocycles. The lowest BCUT2D eigenvalue weighted by Gasteiger charge is -2.26. The highest BCUT2D eigenvalue weighted by molar-refractivity contribution is 7.85. The maximum atomic E-state index is 13.9. The van der Waals surface area contributed by atoms with Gasteiger partial charge in [-0.1, -0.05) is 38.1 Å². The molecule has 6 rings (SSSR count). The molecule has 7 nitrogen and oxygen atoms in total. The SMILES string of the molecule is CC(C)(c1ccc(O)cc1)c1ccc(O)cc1.ClCC1CO1.O=P(c1ccc(O)cc1)(c1ccc(O)cc1)c1ccc(O)cc1. The van der Waals surface area contributed by atoms with Gasteiger partial charge in [-0.2, -0.15) is 0 Å². The van der Waals surface area contributed by atoms with Crippen molar-refractivity contribution < 1.29 is 34.8 Å². The third-order valence-corrected chi connectivity index (χ3v) is 10.8. The van der Waals surface area contributed by atoms with E-state index in [1.165, 1.54) is 36.4 Å². The molecule has 1 aliphatic rings. The summed E-state index contributed by atoms with van der Waals surface area (Å²) in [5.74, 6) is 1.50. The van der Waals surface area contributed by atoms with E-state index in [4.69, 9.17) is 16.3 Å². The first kappa shape index (κ1) is 33.5. The zero-order chi connectivity index (χ0) is 32.6. The smallest absolute Gasteiger partial charge is 0.171 e. The summed E-state index contributed by atoms with van der Waals surface area (Å²) >= 11 is 5.27. The Balaban J connectivity index is 0.000000183. The maximum Gasteiger partial charge on any atom is 0.171 e. The molecule has 5 aromatic carbocycles. The summed E-state index contributed by atoms with van der Waals surface area (Å²) in [6.45, 7) is 5.11. The first-order chi connectivity index (χ1) is 21.4. The molecule has 0 saturated carbocycles. The Bertz CT molecular complexity index is 1530. The van der Waals surface area contributed by atoms with Crippen LogP contribution in [0, 0.1) is 0 Å². The number of hydrogen-bond acceptors (Lipinski definition) is 7. The van der Waals surface area contributed by atoms with Gasteiger partial charge in [0.2, 0.25) is 0 Å². The molecule has 234 valence electrons. The van der Waals surface area contributed by atoms with Crippen molar-refractivity contribution in [1.82, 2.24) is 0 Å². The standard InChI is InChI=1S/C18H15O4P.C15H16O2.C3H5ClO/c19-13-1-7-16(8-2-13)23(22,17-9-3-14(20)4-10-17)18-11-5-15(21)6-12-18;1-15(2,11-3-7-13(16)8-4-11)12-5-9-14(17)10-6-12;4-1-3-2-5-3/h1-12,19-21H;3-10,16-17H,1-2H3;3H,1-2H2. The van der Waals surface area contributed by atoms with Crippen molar-refractivity contribution >= 4 is 34.7 Å². The van der Waals surface area contributed by atoms with Gasteiger partial charge in [0.1, 0.15) is 28.7 Å². The van der Waals surface area contributed by atoms with Crippen molar-refractivity contribution in [3.05, 3.63) is 132 Å². The molecule has 9 heteroatoms. The minimum absolute atomic E-state index is 0.0942. The van der Waals surface area contributed by atoms with E-state index >= 15 is 0 Å². The first-order valence-electron chi connectivity index (χ1n) is 14.2.